The van der Waals surface area contributed by atoms with Gasteiger partial charge < -0.3 is 14.7 Å². The standard InChI is InChI=1S/C13H17FN4O3/c1-4-10(19)18-6-13(14,7-18)12(20)15-5-9-16-11(8(2)3)21-17-9/h4,8H,1,5-7H2,2-3H3,(H,15,20). The molecule has 1 saturated heterocycles. The lowest BCUT2D eigenvalue weighted by atomic mass is 9.95. The Kier molecular flexibility index (Phi) is 4.06. The Labute approximate surface area is 121 Å². The molecule has 1 aliphatic rings. The second kappa shape index (κ2) is 5.63. The minimum absolute atomic E-state index is 0.0177. The maximum atomic E-state index is 14.2. The van der Waals surface area contributed by atoms with Crippen LogP contribution in [-0.2, 0) is 16.1 Å². The van der Waals surface area contributed by atoms with Crippen LogP contribution in [-0.4, -0.2) is 45.6 Å². The van der Waals surface area contributed by atoms with Gasteiger partial charge in [0.25, 0.3) is 5.91 Å². The summed E-state index contributed by atoms with van der Waals surface area (Å²) < 4.78 is 19.2. The van der Waals surface area contributed by atoms with E-state index in [1.54, 1.807) is 0 Å². The minimum atomic E-state index is -2.07. The molecule has 0 spiro atoms. The highest BCUT2D eigenvalue weighted by molar-refractivity contribution is 5.93. The molecule has 0 aromatic carbocycles. The van der Waals surface area contributed by atoms with Crippen LogP contribution in [0, 0.1) is 0 Å². The number of nitrogens with one attached hydrogen (secondary N) is 1. The van der Waals surface area contributed by atoms with Crippen LogP contribution in [0.5, 0.6) is 0 Å². The predicted octanol–water partition coefficient (Wildman–Crippen LogP) is 0.546. The molecule has 1 aromatic heterocycles. The van der Waals surface area contributed by atoms with Crippen LogP contribution in [0.25, 0.3) is 0 Å². The smallest absolute Gasteiger partial charge is 0.261 e. The molecule has 0 aliphatic carbocycles. The summed E-state index contributed by atoms with van der Waals surface area (Å²) in [5, 5.41) is 6.10. The lowest BCUT2D eigenvalue weighted by Crippen LogP contribution is -2.67. The maximum absolute atomic E-state index is 14.2. The Bertz CT molecular complexity index is 564. The molecule has 7 nitrogen and oxygen atoms in total. The number of likely N-dealkylation sites (tertiary alicyclic amines) is 1. The van der Waals surface area contributed by atoms with Gasteiger partial charge in [0.2, 0.25) is 17.5 Å². The van der Waals surface area contributed by atoms with Crippen molar-refractivity contribution in [1.29, 1.82) is 0 Å². The molecule has 0 unspecified atom stereocenters. The van der Waals surface area contributed by atoms with Crippen LogP contribution in [0.4, 0.5) is 4.39 Å². The molecule has 0 atom stereocenters. The third kappa shape index (κ3) is 3.09. The summed E-state index contributed by atoms with van der Waals surface area (Å²) in [6, 6.07) is 0. The molecule has 0 bridgehead atoms. The number of aromatic nitrogens is 2. The van der Waals surface area contributed by atoms with Crippen molar-refractivity contribution >= 4 is 11.8 Å². The third-order valence-corrected chi connectivity index (χ3v) is 3.16. The third-order valence-electron chi connectivity index (χ3n) is 3.16. The molecule has 2 amide bonds. The normalized spacial score (nSPS) is 16.5. The number of halogens is 1. The highest BCUT2D eigenvalue weighted by Gasteiger charge is 2.51. The van der Waals surface area contributed by atoms with Gasteiger partial charge in [0.15, 0.2) is 5.82 Å². The molecular formula is C13H17FN4O3. The fraction of sp³-hybridized carbons (Fsp3) is 0.538. The van der Waals surface area contributed by atoms with Crippen molar-refractivity contribution in [2.24, 2.45) is 0 Å². The molecule has 21 heavy (non-hydrogen) atoms. The van der Waals surface area contributed by atoms with Crippen molar-refractivity contribution in [3.05, 3.63) is 24.4 Å². The summed E-state index contributed by atoms with van der Waals surface area (Å²) in [4.78, 5) is 28.3. The molecule has 114 valence electrons. The van der Waals surface area contributed by atoms with Crippen molar-refractivity contribution in [3.8, 4) is 0 Å². The van der Waals surface area contributed by atoms with Crippen LogP contribution >= 0.6 is 0 Å². The Morgan fingerprint density at radius 1 is 1.57 bits per heavy atom. The summed E-state index contributed by atoms with van der Waals surface area (Å²) in [5.74, 6) is -0.350. The fourth-order valence-corrected chi connectivity index (χ4v) is 1.88. The summed E-state index contributed by atoms with van der Waals surface area (Å²) >= 11 is 0. The first-order chi connectivity index (χ1) is 9.85. The SMILES string of the molecule is C=CC(=O)N1CC(F)(C(=O)NCc2noc(C(C)C)n2)C1. The Morgan fingerprint density at radius 2 is 2.24 bits per heavy atom. The number of rotatable bonds is 5. The van der Waals surface area contributed by atoms with E-state index in [0.717, 1.165) is 6.08 Å². The van der Waals surface area contributed by atoms with Crippen molar-refractivity contribution in [3.63, 3.8) is 0 Å². The zero-order valence-electron chi connectivity index (χ0n) is 11.9. The van der Waals surface area contributed by atoms with Crippen LogP contribution in [0.3, 0.4) is 0 Å². The van der Waals surface area contributed by atoms with Gasteiger partial charge in [0.05, 0.1) is 19.6 Å². The lowest BCUT2D eigenvalue weighted by molar-refractivity contribution is -0.153. The number of nitrogens with zero attached hydrogens (tertiary/aromatic N) is 3. The molecule has 1 N–H and O–H groups in total. The Morgan fingerprint density at radius 3 is 2.76 bits per heavy atom. The lowest BCUT2D eigenvalue weighted by Gasteiger charge is -2.42. The quantitative estimate of drug-likeness (QED) is 0.801. The van der Waals surface area contributed by atoms with Gasteiger partial charge in [-0.2, -0.15) is 4.98 Å². The monoisotopic (exact) mass is 296 g/mol. The van der Waals surface area contributed by atoms with Crippen LogP contribution < -0.4 is 5.32 Å². The highest BCUT2D eigenvalue weighted by atomic mass is 19.1. The van der Waals surface area contributed by atoms with Gasteiger partial charge in [0, 0.05) is 5.92 Å². The number of carbonyl (C=O) groups is 2. The van der Waals surface area contributed by atoms with Gasteiger partial charge in [-0.3, -0.25) is 9.59 Å². The molecule has 8 heteroatoms. The van der Waals surface area contributed by atoms with Gasteiger partial charge in [-0.15, -0.1) is 0 Å². The van der Waals surface area contributed by atoms with E-state index in [-0.39, 0.29) is 31.4 Å². The first-order valence-corrected chi connectivity index (χ1v) is 6.57. The van der Waals surface area contributed by atoms with E-state index in [4.69, 9.17) is 4.52 Å². The first kappa shape index (κ1) is 15.1. The topological polar surface area (TPSA) is 88.3 Å². The number of carbonyl (C=O) groups excluding carboxylic acids is 2. The second-order valence-corrected chi connectivity index (χ2v) is 5.25. The summed E-state index contributed by atoms with van der Waals surface area (Å²) in [5.41, 5.74) is -2.07. The zero-order chi connectivity index (χ0) is 15.6. The number of amides is 2. The van der Waals surface area contributed by atoms with Gasteiger partial charge in [-0.05, 0) is 6.08 Å². The fourth-order valence-electron chi connectivity index (χ4n) is 1.88. The zero-order valence-corrected chi connectivity index (χ0v) is 11.9. The van der Waals surface area contributed by atoms with E-state index in [9.17, 15) is 14.0 Å². The van der Waals surface area contributed by atoms with E-state index >= 15 is 0 Å². The molecule has 0 radical (unpaired) electrons. The Balaban J connectivity index is 1.85. The highest BCUT2D eigenvalue weighted by Crippen LogP contribution is 2.26. The molecule has 1 aliphatic heterocycles. The number of hydrogen-bond acceptors (Lipinski definition) is 5. The molecule has 1 fully saturated rings. The Hall–Kier alpha value is -2.25. The van der Waals surface area contributed by atoms with E-state index in [1.807, 2.05) is 13.8 Å². The molecule has 2 heterocycles. The van der Waals surface area contributed by atoms with E-state index in [0.29, 0.717) is 5.89 Å². The van der Waals surface area contributed by atoms with Gasteiger partial charge in [-0.25, -0.2) is 4.39 Å². The number of hydrogen-bond donors (Lipinski definition) is 1. The van der Waals surface area contributed by atoms with Gasteiger partial charge in [0.1, 0.15) is 0 Å². The summed E-state index contributed by atoms with van der Waals surface area (Å²) in [6.07, 6.45) is 1.09. The molecule has 2 rings (SSSR count). The largest absolute Gasteiger partial charge is 0.346 e. The van der Waals surface area contributed by atoms with Crippen molar-refractivity contribution in [1.82, 2.24) is 20.4 Å². The van der Waals surface area contributed by atoms with Gasteiger partial charge >= 0.3 is 0 Å². The van der Waals surface area contributed by atoms with Crippen LogP contribution in [0.1, 0.15) is 31.5 Å². The van der Waals surface area contributed by atoms with E-state index in [2.05, 4.69) is 22.0 Å². The number of alkyl halides is 1. The average Bonchev–Trinajstić information content (AvgIpc) is 2.89. The summed E-state index contributed by atoms with van der Waals surface area (Å²) in [6.45, 7) is 6.54. The molecule has 0 saturated carbocycles. The molecule has 1 aromatic rings. The van der Waals surface area contributed by atoms with Crippen LogP contribution in [0.2, 0.25) is 0 Å². The summed E-state index contributed by atoms with van der Waals surface area (Å²) in [7, 11) is 0. The predicted molar refractivity (Wildman–Crippen MR) is 70.8 cm³/mol. The van der Waals surface area contributed by atoms with E-state index < -0.39 is 17.5 Å². The molecular weight excluding hydrogens is 279 g/mol. The second-order valence-electron chi connectivity index (χ2n) is 5.25. The first-order valence-electron chi connectivity index (χ1n) is 6.57. The average molecular weight is 296 g/mol. The van der Waals surface area contributed by atoms with Gasteiger partial charge in [-0.1, -0.05) is 25.6 Å². The van der Waals surface area contributed by atoms with Crippen molar-refractivity contribution in [2.45, 2.75) is 32.0 Å². The van der Waals surface area contributed by atoms with Crippen molar-refractivity contribution in [2.75, 3.05) is 13.1 Å². The minimum Gasteiger partial charge on any atom is -0.346 e. The van der Waals surface area contributed by atoms with E-state index in [1.165, 1.54) is 4.90 Å². The van der Waals surface area contributed by atoms with Crippen molar-refractivity contribution < 1.29 is 18.5 Å². The maximum Gasteiger partial charge on any atom is 0.261 e. The van der Waals surface area contributed by atoms with Crippen LogP contribution in [0.15, 0.2) is 17.2 Å².